The van der Waals surface area contributed by atoms with Gasteiger partial charge in [-0.05, 0) is 6.07 Å². The normalized spacial score (nSPS) is 9.62. The third-order valence-electron chi connectivity index (χ3n) is 0.917. The van der Waals surface area contributed by atoms with Crippen LogP contribution in [0.1, 0.15) is 5.69 Å². The minimum Gasteiger partial charge on any atom is -0.285 e. The average Bonchev–Trinajstić information content (AvgIpc) is 2.19. The zero-order chi connectivity index (χ0) is 5.82. The molecule has 0 amide bonds. The van der Waals surface area contributed by atoms with Crippen LogP contribution in [0.3, 0.4) is 0 Å². The molecule has 0 aliphatic carbocycles. The van der Waals surface area contributed by atoms with Gasteiger partial charge in [0, 0.05) is 18.4 Å². The summed E-state index contributed by atoms with van der Waals surface area (Å²) in [6.45, 7) is 0. The third kappa shape index (κ3) is 1.26. The maximum Gasteiger partial charge on any atom is 0.0630 e. The lowest BCUT2D eigenvalue weighted by atomic mass is 10.3. The molecule has 0 unspecified atom stereocenters. The standard InChI is InChI=1S/C5H7N2S/c8-4-2-5-1-3-6-7-5/h1,3H,2,4H2,(H,6,7). The van der Waals surface area contributed by atoms with E-state index < -0.39 is 0 Å². The van der Waals surface area contributed by atoms with E-state index in [0.717, 1.165) is 17.9 Å². The summed E-state index contributed by atoms with van der Waals surface area (Å²) >= 11 is 4.75. The van der Waals surface area contributed by atoms with Gasteiger partial charge in [-0.15, -0.1) is 0 Å². The van der Waals surface area contributed by atoms with Crippen molar-refractivity contribution in [2.45, 2.75) is 6.42 Å². The summed E-state index contributed by atoms with van der Waals surface area (Å²) in [5.41, 5.74) is 1.06. The molecular weight excluding hydrogens is 120 g/mol. The molecule has 1 aromatic rings. The number of nitrogens with one attached hydrogen (secondary N) is 1. The molecule has 1 radical (unpaired) electrons. The minimum atomic E-state index is 0.755. The van der Waals surface area contributed by atoms with Gasteiger partial charge >= 0.3 is 0 Å². The minimum absolute atomic E-state index is 0.755. The molecule has 3 heteroatoms. The van der Waals surface area contributed by atoms with E-state index in [0.29, 0.717) is 0 Å². The number of rotatable bonds is 2. The fourth-order valence-corrected chi connectivity index (χ4v) is 0.744. The zero-order valence-electron chi connectivity index (χ0n) is 4.42. The van der Waals surface area contributed by atoms with Gasteiger partial charge in [-0.3, -0.25) is 5.10 Å². The van der Waals surface area contributed by atoms with E-state index in [4.69, 9.17) is 12.6 Å². The predicted molar refractivity (Wildman–Crippen MR) is 34.7 cm³/mol. The number of aromatic nitrogens is 2. The van der Waals surface area contributed by atoms with E-state index in [-0.39, 0.29) is 0 Å². The maximum absolute atomic E-state index is 4.75. The van der Waals surface area contributed by atoms with E-state index in [2.05, 4.69) is 10.2 Å². The number of hydrogen-bond acceptors (Lipinski definition) is 1. The van der Waals surface area contributed by atoms with Crippen molar-refractivity contribution in [2.75, 3.05) is 5.75 Å². The topological polar surface area (TPSA) is 28.7 Å². The molecule has 0 spiro atoms. The van der Waals surface area contributed by atoms with Crippen LogP contribution in [0.5, 0.6) is 0 Å². The van der Waals surface area contributed by atoms with E-state index in [1.807, 2.05) is 6.07 Å². The van der Waals surface area contributed by atoms with Crippen LogP contribution in [-0.2, 0) is 6.42 Å². The van der Waals surface area contributed by atoms with Crippen LogP contribution in [0.2, 0.25) is 0 Å². The number of H-pyrrole nitrogens is 1. The Morgan fingerprint density at radius 1 is 1.75 bits per heavy atom. The summed E-state index contributed by atoms with van der Waals surface area (Å²) in [7, 11) is 0. The first-order valence-electron chi connectivity index (χ1n) is 2.50. The predicted octanol–water partition coefficient (Wildman–Crippen LogP) is 1.15. The van der Waals surface area contributed by atoms with Crippen molar-refractivity contribution in [3.8, 4) is 0 Å². The number of aryl methyl sites for hydroxylation is 1. The highest BCUT2D eigenvalue weighted by atomic mass is 32.1. The van der Waals surface area contributed by atoms with Crippen LogP contribution < -0.4 is 0 Å². The first-order valence-corrected chi connectivity index (χ1v) is 3.08. The molecule has 43 valence electrons. The lowest BCUT2D eigenvalue weighted by Crippen LogP contribution is -1.84. The Kier molecular flexibility index (Phi) is 1.97. The molecule has 0 saturated heterocycles. The molecule has 0 bridgehead atoms. The summed E-state index contributed by atoms with van der Waals surface area (Å²) in [6.07, 6.45) is 2.71. The van der Waals surface area contributed by atoms with Crippen molar-refractivity contribution >= 4 is 12.6 Å². The van der Waals surface area contributed by atoms with Crippen LogP contribution in [0.25, 0.3) is 0 Å². The van der Waals surface area contributed by atoms with Crippen LogP contribution in [0.4, 0.5) is 0 Å². The molecule has 1 heterocycles. The second kappa shape index (κ2) is 2.77. The van der Waals surface area contributed by atoms with Gasteiger partial charge in [-0.25, -0.2) is 0 Å². The van der Waals surface area contributed by atoms with Crippen LogP contribution >= 0.6 is 12.6 Å². The summed E-state index contributed by atoms with van der Waals surface area (Å²) < 4.78 is 0. The Morgan fingerprint density at radius 3 is 3.12 bits per heavy atom. The molecule has 1 N–H and O–H groups in total. The average molecular weight is 127 g/mol. The van der Waals surface area contributed by atoms with Gasteiger partial charge in [-0.2, -0.15) is 5.10 Å². The molecule has 0 atom stereocenters. The smallest absolute Gasteiger partial charge is 0.0630 e. The fraction of sp³-hybridized carbons (Fsp3) is 0.400. The number of aromatic amines is 1. The first kappa shape index (κ1) is 5.69. The van der Waals surface area contributed by atoms with Crippen molar-refractivity contribution in [1.29, 1.82) is 0 Å². The zero-order valence-corrected chi connectivity index (χ0v) is 5.24. The highest BCUT2D eigenvalue weighted by Crippen LogP contribution is 1.92. The SMILES string of the molecule is [S]CCc1cc[nH]n1. The van der Waals surface area contributed by atoms with E-state index >= 15 is 0 Å². The Hall–Kier alpha value is -0.440. The molecule has 0 aliphatic heterocycles. The molecule has 0 aromatic carbocycles. The Labute approximate surface area is 53.7 Å². The largest absolute Gasteiger partial charge is 0.285 e. The van der Waals surface area contributed by atoms with Gasteiger partial charge in [0.05, 0.1) is 5.69 Å². The van der Waals surface area contributed by atoms with Crippen LogP contribution in [0, 0.1) is 0 Å². The lowest BCUT2D eigenvalue weighted by Gasteiger charge is -1.83. The highest BCUT2D eigenvalue weighted by molar-refractivity contribution is 7.80. The lowest BCUT2D eigenvalue weighted by molar-refractivity contribution is 0.982. The van der Waals surface area contributed by atoms with E-state index in [1.54, 1.807) is 6.20 Å². The van der Waals surface area contributed by atoms with Gasteiger partial charge in [0.2, 0.25) is 0 Å². The third-order valence-corrected chi connectivity index (χ3v) is 1.12. The van der Waals surface area contributed by atoms with Gasteiger partial charge in [0.15, 0.2) is 0 Å². The van der Waals surface area contributed by atoms with Crippen molar-refractivity contribution in [3.05, 3.63) is 18.0 Å². The first-order chi connectivity index (χ1) is 3.93. The van der Waals surface area contributed by atoms with Crippen molar-refractivity contribution in [1.82, 2.24) is 10.2 Å². The Morgan fingerprint density at radius 2 is 2.62 bits per heavy atom. The maximum atomic E-state index is 4.75. The molecule has 1 rings (SSSR count). The van der Waals surface area contributed by atoms with Gasteiger partial charge in [0.25, 0.3) is 0 Å². The Bertz CT molecular complexity index is 136. The van der Waals surface area contributed by atoms with Crippen LogP contribution in [-0.4, -0.2) is 16.0 Å². The summed E-state index contributed by atoms with van der Waals surface area (Å²) in [4.78, 5) is 0. The number of nitrogens with zero attached hydrogens (tertiary/aromatic N) is 1. The monoisotopic (exact) mass is 127 g/mol. The van der Waals surface area contributed by atoms with Gasteiger partial charge in [0.1, 0.15) is 0 Å². The second-order valence-electron chi connectivity index (χ2n) is 1.52. The quantitative estimate of drug-likeness (QED) is 0.634. The molecule has 0 fully saturated rings. The molecule has 0 aliphatic rings. The summed E-state index contributed by atoms with van der Waals surface area (Å²) in [5.74, 6) is 0.755. The van der Waals surface area contributed by atoms with E-state index in [1.165, 1.54) is 0 Å². The van der Waals surface area contributed by atoms with Crippen molar-refractivity contribution in [3.63, 3.8) is 0 Å². The summed E-state index contributed by atoms with van der Waals surface area (Å²) in [6, 6.07) is 1.94. The van der Waals surface area contributed by atoms with Crippen molar-refractivity contribution < 1.29 is 0 Å². The van der Waals surface area contributed by atoms with Crippen molar-refractivity contribution in [2.24, 2.45) is 0 Å². The highest BCUT2D eigenvalue weighted by Gasteiger charge is 1.88. The Balaban J connectivity index is 2.50. The van der Waals surface area contributed by atoms with E-state index in [9.17, 15) is 0 Å². The fourth-order valence-electron chi connectivity index (χ4n) is 0.535. The van der Waals surface area contributed by atoms with Crippen LogP contribution in [0.15, 0.2) is 12.3 Å². The van der Waals surface area contributed by atoms with Gasteiger partial charge < -0.3 is 0 Å². The second-order valence-corrected chi connectivity index (χ2v) is 1.93. The molecule has 1 aromatic heterocycles. The molecule has 8 heavy (non-hydrogen) atoms. The van der Waals surface area contributed by atoms with Gasteiger partial charge in [-0.1, -0.05) is 12.6 Å². The number of hydrogen-bond donors (Lipinski definition) is 1. The molecule has 2 nitrogen and oxygen atoms in total. The molecule has 0 saturated carbocycles. The summed E-state index contributed by atoms with van der Waals surface area (Å²) in [5, 5.41) is 6.63. The molecular formula is C5H7N2S.